The van der Waals surface area contributed by atoms with Gasteiger partial charge in [-0.1, -0.05) is 41.6 Å². The van der Waals surface area contributed by atoms with Crippen molar-refractivity contribution in [2.45, 2.75) is 31.3 Å². The molecule has 0 fully saturated rings. The minimum absolute atomic E-state index is 0.196. The van der Waals surface area contributed by atoms with Crippen molar-refractivity contribution in [1.82, 2.24) is 14.5 Å². The normalized spacial score (nSPS) is 11.0. The number of amides is 1. The van der Waals surface area contributed by atoms with E-state index in [0.29, 0.717) is 6.42 Å². The van der Waals surface area contributed by atoms with Gasteiger partial charge in [-0.25, -0.2) is 4.98 Å². The number of carbonyl (C=O) groups is 1. The molecule has 0 saturated carbocycles. The summed E-state index contributed by atoms with van der Waals surface area (Å²) in [4.78, 5) is 18.1. The molecule has 0 bridgehead atoms. The molecule has 0 radical (unpaired) electrons. The number of para-hydroxylation sites is 2. The van der Waals surface area contributed by atoms with Gasteiger partial charge in [0, 0.05) is 32.0 Å². The number of aromatic nitrogens is 2. The molecule has 0 N–H and O–H groups in total. The Kier molecular flexibility index (Phi) is 5.99. The first-order valence-electron chi connectivity index (χ1n) is 8.94. The highest BCUT2D eigenvalue weighted by molar-refractivity contribution is 7.99. The molecule has 0 aliphatic heterocycles. The van der Waals surface area contributed by atoms with E-state index in [9.17, 15) is 4.79 Å². The van der Waals surface area contributed by atoms with Gasteiger partial charge in [0.05, 0.1) is 11.0 Å². The average Bonchev–Trinajstić information content (AvgIpc) is 3.00. The van der Waals surface area contributed by atoms with Crippen molar-refractivity contribution in [3.05, 3.63) is 54.1 Å². The quantitative estimate of drug-likeness (QED) is 0.449. The van der Waals surface area contributed by atoms with Gasteiger partial charge in [-0.05, 0) is 44.0 Å². The third kappa shape index (κ3) is 4.28. The first-order valence-corrected chi connectivity index (χ1v) is 9.92. The van der Waals surface area contributed by atoms with Crippen LogP contribution in [0.5, 0.6) is 0 Å². The summed E-state index contributed by atoms with van der Waals surface area (Å²) in [6.45, 7) is 2.10. The number of rotatable bonds is 7. The summed E-state index contributed by atoms with van der Waals surface area (Å²) in [7, 11) is 3.61. The Morgan fingerprint density at radius 1 is 1.08 bits per heavy atom. The van der Waals surface area contributed by atoms with E-state index in [1.165, 1.54) is 5.56 Å². The second kappa shape index (κ2) is 8.41. The predicted molar refractivity (Wildman–Crippen MR) is 109 cm³/mol. The molecule has 3 rings (SSSR count). The second-order valence-electron chi connectivity index (χ2n) is 6.65. The topological polar surface area (TPSA) is 38.1 Å². The Labute approximate surface area is 159 Å². The number of aryl methyl sites for hydroxylation is 1. The Morgan fingerprint density at radius 3 is 2.54 bits per heavy atom. The van der Waals surface area contributed by atoms with Crippen LogP contribution in [0.2, 0.25) is 0 Å². The summed E-state index contributed by atoms with van der Waals surface area (Å²) < 4.78 is 2.23. The number of hydrogen-bond donors (Lipinski definition) is 0. The SMILES string of the molecule is Cc1ccc(-n2c(SCCCCC(=O)N(C)C)nc3ccccc32)cc1. The molecule has 1 heterocycles. The molecule has 0 spiro atoms. The maximum absolute atomic E-state index is 11.7. The molecule has 0 unspecified atom stereocenters. The van der Waals surface area contributed by atoms with Crippen molar-refractivity contribution >= 4 is 28.7 Å². The van der Waals surface area contributed by atoms with Crippen molar-refractivity contribution in [1.29, 1.82) is 0 Å². The zero-order valence-corrected chi connectivity index (χ0v) is 16.4. The molecule has 0 saturated heterocycles. The zero-order valence-electron chi connectivity index (χ0n) is 15.6. The lowest BCUT2D eigenvalue weighted by Gasteiger charge is -2.10. The minimum atomic E-state index is 0.196. The fraction of sp³-hybridized carbons (Fsp3) is 0.333. The number of fused-ring (bicyclic) bond motifs is 1. The van der Waals surface area contributed by atoms with Gasteiger partial charge in [-0.2, -0.15) is 0 Å². The largest absolute Gasteiger partial charge is 0.349 e. The van der Waals surface area contributed by atoms with Crippen LogP contribution in [-0.2, 0) is 4.79 Å². The van der Waals surface area contributed by atoms with Crippen molar-refractivity contribution in [2.75, 3.05) is 19.8 Å². The number of nitrogens with zero attached hydrogens (tertiary/aromatic N) is 3. The first-order chi connectivity index (χ1) is 12.6. The molecule has 26 heavy (non-hydrogen) atoms. The third-order valence-corrected chi connectivity index (χ3v) is 5.36. The van der Waals surface area contributed by atoms with Crippen LogP contribution in [0.15, 0.2) is 53.7 Å². The highest BCUT2D eigenvalue weighted by atomic mass is 32.2. The van der Waals surface area contributed by atoms with Gasteiger partial charge in [-0.15, -0.1) is 0 Å². The predicted octanol–water partition coefficient (Wildman–Crippen LogP) is 4.68. The van der Waals surface area contributed by atoms with Gasteiger partial charge in [0.25, 0.3) is 0 Å². The summed E-state index contributed by atoms with van der Waals surface area (Å²) in [6.07, 6.45) is 2.53. The van der Waals surface area contributed by atoms with Crippen LogP contribution < -0.4 is 0 Å². The molecule has 2 aromatic carbocycles. The molecule has 4 nitrogen and oxygen atoms in total. The smallest absolute Gasteiger partial charge is 0.222 e. The Balaban J connectivity index is 1.74. The van der Waals surface area contributed by atoms with Crippen LogP contribution in [0.25, 0.3) is 16.7 Å². The number of thioether (sulfide) groups is 1. The lowest BCUT2D eigenvalue weighted by molar-refractivity contribution is -0.128. The third-order valence-electron chi connectivity index (χ3n) is 4.34. The number of benzene rings is 2. The number of unbranched alkanes of at least 4 members (excludes halogenated alkanes) is 1. The summed E-state index contributed by atoms with van der Waals surface area (Å²) in [5.41, 5.74) is 4.52. The average molecular weight is 368 g/mol. The fourth-order valence-electron chi connectivity index (χ4n) is 2.81. The summed E-state index contributed by atoms with van der Waals surface area (Å²) in [5.74, 6) is 1.15. The Hall–Kier alpha value is -2.27. The maximum Gasteiger partial charge on any atom is 0.222 e. The molecule has 0 aliphatic carbocycles. The lowest BCUT2D eigenvalue weighted by Crippen LogP contribution is -2.21. The van der Waals surface area contributed by atoms with E-state index in [0.717, 1.165) is 40.5 Å². The zero-order chi connectivity index (χ0) is 18.5. The van der Waals surface area contributed by atoms with Gasteiger partial charge in [0.15, 0.2) is 5.16 Å². The van der Waals surface area contributed by atoms with Crippen LogP contribution in [0.1, 0.15) is 24.8 Å². The molecule has 3 aromatic rings. The van der Waals surface area contributed by atoms with Gasteiger partial charge in [0.1, 0.15) is 0 Å². The highest BCUT2D eigenvalue weighted by Gasteiger charge is 2.12. The van der Waals surface area contributed by atoms with Gasteiger partial charge in [0.2, 0.25) is 5.91 Å². The van der Waals surface area contributed by atoms with Gasteiger partial charge < -0.3 is 4.90 Å². The monoisotopic (exact) mass is 367 g/mol. The molecule has 1 amide bonds. The van der Waals surface area contributed by atoms with Gasteiger partial charge in [-0.3, -0.25) is 9.36 Å². The first kappa shape index (κ1) is 18.5. The molecule has 136 valence electrons. The summed E-state index contributed by atoms with van der Waals surface area (Å²) in [5, 5.41) is 1.01. The molecular formula is C21H25N3OS. The van der Waals surface area contributed by atoms with E-state index in [2.05, 4.69) is 54.0 Å². The standard InChI is InChI=1S/C21H25N3OS/c1-16-11-13-17(14-12-16)24-19-9-5-4-8-18(19)22-21(24)26-15-7-6-10-20(25)23(2)3/h4-5,8-9,11-14H,6-7,10,15H2,1-3H3. The molecule has 1 aromatic heterocycles. The number of imidazole rings is 1. The van der Waals surface area contributed by atoms with E-state index < -0.39 is 0 Å². The fourth-order valence-corrected chi connectivity index (χ4v) is 3.84. The Morgan fingerprint density at radius 2 is 1.81 bits per heavy atom. The van der Waals surface area contributed by atoms with Crippen molar-refractivity contribution < 1.29 is 4.79 Å². The number of carbonyl (C=O) groups excluding carboxylic acids is 1. The van der Waals surface area contributed by atoms with Crippen molar-refractivity contribution in [3.8, 4) is 5.69 Å². The maximum atomic E-state index is 11.7. The van der Waals surface area contributed by atoms with Crippen molar-refractivity contribution in [2.24, 2.45) is 0 Å². The van der Waals surface area contributed by atoms with E-state index in [-0.39, 0.29) is 5.91 Å². The number of hydrogen-bond acceptors (Lipinski definition) is 3. The minimum Gasteiger partial charge on any atom is -0.349 e. The molecule has 0 atom stereocenters. The molecule has 5 heteroatoms. The highest BCUT2D eigenvalue weighted by Crippen LogP contribution is 2.28. The van der Waals surface area contributed by atoms with E-state index in [1.54, 1.807) is 30.8 Å². The van der Waals surface area contributed by atoms with Crippen molar-refractivity contribution in [3.63, 3.8) is 0 Å². The lowest BCUT2D eigenvalue weighted by atomic mass is 10.2. The second-order valence-corrected chi connectivity index (χ2v) is 7.71. The van der Waals surface area contributed by atoms with E-state index in [1.807, 2.05) is 6.07 Å². The van der Waals surface area contributed by atoms with E-state index >= 15 is 0 Å². The summed E-state index contributed by atoms with van der Waals surface area (Å²) >= 11 is 1.76. The van der Waals surface area contributed by atoms with Crippen LogP contribution in [0.3, 0.4) is 0 Å². The Bertz CT molecular complexity index is 884. The van der Waals surface area contributed by atoms with Crippen LogP contribution in [0, 0.1) is 6.92 Å². The van der Waals surface area contributed by atoms with Crippen LogP contribution in [0.4, 0.5) is 0 Å². The summed E-state index contributed by atoms with van der Waals surface area (Å²) in [6, 6.07) is 16.8. The molecular weight excluding hydrogens is 342 g/mol. The van der Waals surface area contributed by atoms with Crippen LogP contribution in [-0.4, -0.2) is 40.2 Å². The van der Waals surface area contributed by atoms with Gasteiger partial charge >= 0.3 is 0 Å². The molecule has 0 aliphatic rings. The van der Waals surface area contributed by atoms with E-state index in [4.69, 9.17) is 4.98 Å². The van der Waals surface area contributed by atoms with Crippen LogP contribution >= 0.6 is 11.8 Å².